The van der Waals surface area contributed by atoms with Crippen molar-refractivity contribution >= 4 is 27.3 Å². The van der Waals surface area contributed by atoms with Crippen molar-refractivity contribution in [3.8, 4) is 0 Å². The Balaban J connectivity index is 1.94. The predicted octanol–water partition coefficient (Wildman–Crippen LogP) is 4.68. The van der Waals surface area contributed by atoms with Gasteiger partial charge in [0.25, 0.3) is 0 Å². The van der Waals surface area contributed by atoms with Crippen molar-refractivity contribution in [3.05, 3.63) is 58.1 Å². The van der Waals surface area contributed by atoms with Crippen LogP contribution in [0.5, 0.6) is 0 Å². The van der Waals surface area contributed by atoms with E-state index in [4.69, 9.17) is 5.73 Å². The maximum absolute atomic E-state index is 5.79. The number of rotatable bonds is 2. The molecule has 1 fully saturated rings. The molecule has 1 aliphatic rings. The average molecular weight is 331 g/mol. The fraction of sp³-hybridized carbons (Fsp3) is 0.294. The number of hydrogen-bond acceptors (Lipinski definition) is 2. The van der Waals surface area contributed by atoms with E-state index >= 15 is 0 Å². The normalized spacial score (nSPS) is 18.5. The summed E-state index contributed by atoms with van der Waals surface area (Å²) in [6, 6.07) is 15.3. The third-order valence-corrected chi connectivity index (χ3v) is 4.62. The molecule has 1 atom stereocenters. The average Bonchev–Trinajstić information content (AvgIpc) is 2.88. The van der Waals surface area contributed by atoms with Gasteiger partial charge in [0, 0.05) is 16.7 Å². The van der Waals surface area contributed by atoms with Gasteiger partial charge >= 0.3 is 0 Å². The SMILES string of the molecule is Cc1ccc(N2CCCC2c2ccc(N)cc2)c(Br)c1. The Labute approximate surface area is 128 Å². The van der Waals surface area contributed by atoms with Crippen LogP contribution in [0.2, 0.25) is 0 Å². The van der Waals surface area contributed by atoms with Crippen LogP contribution in [0.15, 0.2) is 46.9 Å². The molecule has 2 N–H and O–H groups in total. The first-order valence-corrected chi connectivity index (χ1v) is 7.83. The summed E-state index contributed by atoms with van der Waals surface area (Å²) in [4.78, 5) is 2.50. The van der Waals surface area contributed by atoms with E-state index in [-0.39, 0.29) is 0 Å². The van der Waals surface area contributed by atoms with Gasteiger partial charge in [0.05, 0.1) is 11.7 Å². The summed E-state index contributed by atoms with van der Waals surface area (Å²) < 4.78 is 1.18. The summed E-state index contributed by atoms with van der Waals surface area (Å²) in [5, 5.41) is 0. The van der Waals surface area contributed by atoms with Gasteiger partial charge in [0.2, 0.25) is 0 Å². The molecule has 2 nitrogen and oxygen atoms in total. The van der Waals surface area contributed by atoms with Gasteiger partial charge < -0.3 is 10.6 Å². The molecule has 0 aliphatic carbocycles. The van der Waals surface area contributed by atoms with Crippen LogP contribution in [0, 0.1) is 6.92 Å². The molecule has 0 saturated carbocycles. The Hall–Kier alpha value is -1.48. The minimum Gasteiger partial charge on any atom is -0.399 e. The molecule has 3 rings (SSSR count). The van der Waals surface area contributed by atoms with Crippen LogP contribution in [-0.2, 0) is 0 Å². The van der Waals surface area contributed by atoms with E-state index in [1.54, 1.807) is 0 Å². The van der Waals surface area contributed by atoms with E-state index in [0.717, 1.165) is 12.2 Å². The highest BCUT2D eigenvalue weighted by molar-refractivity contribution is 9.10. The van der Waals surface area contributed by atoms with Crippen LogP contribution < -0.4 is 10.6 Å². The number of aryl methyl sites for hydroxylation is 1. The highest BCUT2D eigenvalue weighted by Crippen LogP contribution is 2.39. The van der Waals surface area contributed by atoms with Gasteiger partial charge in [-0.15, -0.1) is 0 Å². The van der Waals surface area contributed by atoms with Crippen LogP contribution in [0.25, 0.3) is 0 Å². The molecule has 2 aromatic carbocycles. The molecule has 1 aliphatic heterocycles. The molecular weight excluding hydrogens is 312 g/mol. The molecule has 0 spiro atoms. The monoisotopic (exact) mass is 330 g/mol. The van der Waals surface area contributed by atoms with Gasteiger partial charge in [-0.2, -0.15) is 0 Å². The first kappa shape index (κ1) is 13.5. The van der Waals surface area contributed by atoms with Gasteiger partial charge in [0.15, 0.2) is 0 Å². The summed E-state index contributed by atoms with van der Waals surface area (Å²) in [6.07, 6.45) is 2.43. The highest BCUT2D eigenvalue weighted by atomic mass is 79.9. The lowest BCUT2D eigenvalue weighted by atomic mass is 10.0. The van der Waals surface area contributed by atoms with Gasteiger partial charge in [-0.3, -0.25) is 0 Å². The fourth-order valence-electron chi connectivity index (χ4n) is 2.96. The van der Waals surface area contributed by atoms with Crippen molar-refractivity contribution in [3.63, 3.8) is 0 Å². The third kappa shape index (κ3) is 2.55. The molecule has 1 unspecified atom stereocenters. The maximum Gasteiger partial charge on any atom is 0.0543 e. The van der Waals surface area contributed by atoms with Gasteiger partial charge in [0.1, 0.15) is 0 Å². The van der Waals surface area contributed by atoms with Crippen LogP contribution >= 0.6 is 15.9 Å². The highest BCUT2D eigenvalue weighted by Gasteiger charge is 2.27. The zero-order chi connectivity index (χ0) is 14.1. The minimum atomic E-state index is 0.453. The van der Waals surface area contributed by atoms with Crippen LogP contribution in [0.1, 0.15) is 30.0 Å². The van der Waals surface area contributed by atoms with E-state index < -0.39 is 0 Å². The van der Waals surface area contributed by atoms with E-state index in [0.29, 0.717) is 6.04 Å². The van der Waals surface area contributed by atoms with Gasteiger partial charge in [-0.05, 0) is 71.1 Å². The maximum atomic E-state index is 5.79. The van der Waals surface area contributed by atoms with Crippen molar-refractivity contribution in [2.75, 3.05) is 17.2 Å². The van der Waals surface area contributed by atoms with E-state index in [1.807, 2.05) is 12.1 Å². The molecule has 20 heavy (non-hydrogen) atoms. The summed E-state index contributed by atoms with van der Waals surface area (Å²) >= 11 is 3.71. The standard InChI is InChI=1S/C17H19BrN2/c1-12-4-9-17(15(18)11-12)20-10-2-3-16(20)13-5-7-14(19)8-6-13/h4-9,11,16H,2-3,10,19H2,1H3. The first-order chi connectivity index (χ1) is 9.65. The Morgan fingerprint density at radius 2 is 1.90 bits per heavy atom. The topological polar surface area (TPSA) is 29.3 Å². The zero-order valence-electron chi connectivity index (χ0n) is 11.6. The summed E-state index contributed by atoms with van der Waals surface area (Å²) in [6.45, 7) is 3.23. The van der Waals surface area contributed by atoms with Crippen molar-refractivity contribution in [1.82, 2.24) is 0 Å². The Bertz CT molecular complexity index is 607. The zero-order valence-corrected chi connectivity index (χ0v) is 13.2. The van der Waals surface area contributed by atoms with E-state index in [1.165, 1.54) is 34.1 Å². The molecule has 1 heterocycles. The molecule has 104 valence electrons. The minimum absolute atomic E-state index is 0.453. The third-order valence-electron chi connectivity index (χ3n) is 3.99. The summed E-state index contributed by atoms with van der Waals surface area (Å²) in [5.41, 5.74) is 10.5. The Morgan fingerprint density at radius 3 is 2.60 bits per heavy atom. The Morgan fingerprint density at radius 1 is 1.15 bits per heavy atom. The molecular formula is C17H19BrN2. The smallest absolute Gasteiger partial charge is 0.0543 e. The van der Waals surface area contributed by atoms with E-state index in [2.05, 4.69) is 58.1 Å². The van der Waals surface area contributed by atoms with Crippen molar-refractivity contribution in [2.45, 2.75) is 25.8 Å². The molecule has 3 heteroatoms. The van der Waals surface area contributed by atoms with Crippen molar-refractivity contribution < 1.29 is 0 Å². The predicted molar refractivity (Wildman–Crippen MR) is 89.1 cm³/mol. The van der Waals surface area contributed by atoms with Crippen LogP contribution in [0.3, 0.4) is 0 Å². The number of halogens is 1. The second-order valence-electron chi connectivity index (χ2n) is 5.47. The summed E-state index contributed by atoms with van der Waals surface area (Å²) in [5.74, 6) is 0. The summed E-state index contributed by atoms with van der Waals surface area (Å²) in [7, 11) is 0. The lowest BCUT2D eigenvalue weighted by molar-refractivity contribution is 0.718. The number of nitrogens with two attached hydrogens (primary N) is 1. The first-order valence-electron chi connectivity index (χ1n) is 7.03. The number of benzene rings is 2. The van der Waals surface area contributed by atoms with Crippen molar-refractivity contribution in [1.29, 1.82) is 0 Å². The lowest BCUT2D eigenvalue weighted by Crippen LogP contribution is -2.22. The largest absolute Gasteiger partial charge is 0.399 e. The second-order valence-corrected chi connectivity index (χ2v) is 6.33. The number of nitrogens with zero attached hydrogens (tertiary/aromatic N) is 1. The Kier molecular flexibility index (Phi) is 3.70. The van der Waals surface area contributed by atoms with Crippen molar-refractivity contribution in [2.24, 2.45) is 0 Å². The molecule has 0 radical (unpaired) electrons. The number of anilines is 2. The lowest BCUT2D eigenvalue weighted by Gasteiger charge is -2.28. The fourth-order valence-corrected chi connectivity index (χ4v) is 3.69. The van der Waals surface area contributed by atoms with Crippen LogP contribution in [0.4, 0.5) is 11.4 Å². The second kappa shape index (κ2) is 5.49. The number of nitrogen functional groups attached to an aromatic ring is 1. The molecule has 0 amide bonds. The van der Waals surface area contributed by atoms with Crippen LogP contribution in [-0.4, -0.2) is 6.54 Å². The molecule has 2 aromatic rings. The van der Waals surface area contributed by atoms with Gasteiger partial charge in [-0.1, -0.05) is 18.2 Å². The number of hydrogen-bond donors (Lipinski definition) is 1. The molecule has 0 bridgehead atoms. The molecule has 0 aromatic heterocycles. The van der Waals surface area contributed by atoms with E-state index in [9.17, 15) is 0 Å². The van der Waals surface area contributed by atoms with Gasteiger partial charge in [-0.25, -0.2) is 0 Å². The molecule has 1 saturated heterocycles. The quantitative estimate of drug-likeness (QED) is 0.810.